The van der Waals surface area contributed by atoms with Gasteiger partial charge in [-0.3, -0.25) is 4.98 Å². The lowest BCUT2D eigenvalue weighted by Gasteiger charge is -2.16. The molecular weight excluding hydrogens is 305 g/mol. The minimum atomic E-state index is -0.195. The molecule has 3 aromatic rings. The molecule has 3 rings (SSSR count). The van der Waals surface area contributed by atoms with Crippen LogP contribution in [0.5, 0.6) is 5.75 Å². The molecule has 0 bridgehead atoms. The molecular formula is C20H20FNO2. The van der Waals surface area contributed by atoms with Gasteiger partial charge in [-0.2, -0.15) is 4.89 Å². The molecule has 0 N–H and O–H groups in total. The first-order valence-electron chi connectivity index (χ1n) is 7.91. The maximum Gasteiger partial charge on any atom is 0.167 e. The molecule has 1 heterocycles. The Balaban J connectivity index is 2.29. The number of aryl methyl sites for hydroxylation is 1. The minimum Gasteiger partial charge on any atom is -0.338 e. The van der Waals surface area contributed by atoms with Gasteiger partial charge in [-0.1, -0.05) is 19.9 Å². The van der Waals surface area contributed by atoms with E-state index in [0.717, 1.165) is 27.6 Å². The molecule has 0 atom stereocenters. The van der Waals surface area contributed by atoms with Crippen molar-refractivity contribution < 1.29 is 14.2 Å². The summed E-state index contributed by atoms with van der Waals surface area (Å²) in [7, 11) is 1.46. The number of aromatic nitrogens is 1. The highest BCUT2D eigenvalue weighted by Gasteiger charge is 2.15. The zero-order chi connectivity index (χ0) is 17.3. The van der Waals surface area contributed by atoms with Gasteiger partial charge in [-0.25, -0.2) is 4.39 Å². The average Bonchev–Trinajstić information content (AvgIpc) is 2.56. The molecule has 3 nitrogen and oxygen atoms in total. The fourth-order valence-corrected chi connectivity index (χ4v) is 2.90. The second kappa shape index (κ2) is 6.57. The summed E-state index contributed by atoms with van der Waals surface area (Å²) in [5, 5.41) is 1.01. The van der Waals surface area contributed by atoms with Crippen LogP contribution in [0.15, 0.2) is 42.6 Å². The Morgan fingerprint density at radius 2 is 1.88 bits per heavy atom. The lowest BCUT2D eigenvalue weighted by Crippen LogP contribution is -1.98. The summed E-state index contributed by atoms with van der Waals surface area (Å²) < 4.78 is 13.7. The molecule has 0 spiro atoms. The molecule has 0 aliphatic heterocycles. The van der Waals surface area contributed by atoms with Gasteiger partial charge in [0, 0.05) is 17.6 Å². The fourth-order valence-electron chi connectivity index (χ4n) is 2.90. The first kappa shape index (κ1) is 16.4. The number of pyridine rings is 1. The quantitative estimate of drug-likeness (QED) is 0.474. The predicted molar refractivity (Wildman–Crippen MR) is 93.6 cm³/mol. The third kappa shape index (κ3) is 2.97. The molecule has 0 aliphatic carbocycles. The second-order valence-electron chi connectivity index (χ2n) is 6.14. The SMILES string of the molecule is COOc1ccc2c(-c3ccc(F)c(C)c3)c(C(C)C)cnc2c1. The van der Waals surface area contributed by atoms with E-state index in [1.807, 2.05) is 36.5 Å². The Bertz CT molecular complexity index is 890. The van der Waals surface area contributed by atoms with Crippen LogP contribution in [-0.2, 0) is 4.89 Å². The predicted octanol–water partition coefficient (Wildman–Crippen LogP) is 5.41. The van der Waals surface area contributed by atoms with Gasteiger partial charge in [-0.15, -0.1) is 0 Å². The molecule has 124 valence electrons. The highest BCUT2D eigenvalue weighted by atomic mass is 19.1. The molecule has 0 saturated carbocycles. The van der Waals surface area contributed by atoms with E-state index >= 15 is 0 Å². The van der Waals surface area contributed by atoms with Gasteiger partial charge >= 0.3 is 0 Å². The summed E-state index contributed by atoms with van der Waals surface area (Å²) in [5.41, 5.74) is 4.65. The van der Waals surface area contributed by atoms with Gasteiger partial charge < -0.3 is 4.89 Å². The lowest BCUT2D eigenvalue weighted by atomic mass is 9.90. The monoisotopic (exact) mass is 325 g/mol. The van der Waals surface area contributed by atoms with Crippen molar-refractivity contribution in [3.8, 4) is 16.9 Å². The first-order chi connectivity index (χ1) is 11.5. The maximum absolute atomic E-state index is 13.7. The molecule has 0 amide bonds. The van der Waals surface area contributed by atoms with Crippen molar-refractivity contribution in [3.05, 3.63) is 59.5 Å². The third-order valence-electron chi connectivity index (χ3n) is 4.12. The molecule has 0 saturated heterocycles. The smallest absolute Gasteiger partial charge is 0.167 e. The minimum absolute atomic E-state index is 0.195. The molecule has 4 heteroatoms. The van der Waals surface area contributed by atoms with Crippen molar-refractivity contribution in [2.45, 2.75) is 26.7 Å². The van der Waals surface area contributed by atoms with Crippen LogP contribution in [-0.4, -0.2) is 12.1 Å². The van der Waals surface area contributed by atoms with E-state index in [1.165, 1.54) is 13.2 Å². The number of hydrogen-bond acceptors (Lipinski definition) is 3. The zero-order valence-corrected chi connectivity index (χ0v) is 14.3. The number of halogens is 1. The molecule has 0 radical (unpaired) electrons. The average molecular weight is 325 g/mol. The Morgan fingerprint density at radius 1 is 1.08 bits per heavy atom. The highest BCUT2D eigenvalue weighted by Crippen LogP contribution is 2.36. The summed E-state index contributed by atoms with van der Waals surface area (Å²) >= 11 is 0. The molecule has 2 aromatic carbocycles. The number of benzene rings is 2. The fraction of sp³-hybridized carbons (Fsp3) is 0.250. The summed E-state index contributed by atoms with van der Waals surface area (Å²) in [4.78, 5) is 14.4. The van der Waals surface area contributed by atoms with Crippen LogP contribution in [0.4, 0.5) is 4.39 Å². The Labute approximate surface area is 141 Å². The first-order valence-corrected chi connectivity index (χ1v) is 7.91. The highest BCUT2D eigenvalue weighted by molar-refractivity contribution is 5.97. The summed E-state index contributed by atoms with van der Waals surface area (Å²) in [6.07, 6.45) is 1.89. The number of rotatable bonds is 4. The van der Waals surface area contributed by atoms with Crippen molar-refractivity contribution in [2.75, 3.05) is 7.11 Å². The Morgan fingerprint density at radius 3 is 2.54 bits per heavy atom. The van der Waals surface area contributed by atoms with Crippen LogP contribution >= 0.6 is 0 Å². The largest absolute Gasteiger partial charge is 0.338 e. The van der Waals surface area contributed by atoms with Crippen molar-refractivity contribution in [3.63, 3.8) is 0 Å². The van der Waals surface area contributed by atoms with Gasteiger partial charge in [0.15, 0.2) is 5.75 Å². The van der Waals surface area contributed by atoms with Crippen LogP contribution in [0.3, 0.4) is 0 Å². The molecule has 0 fully saturated rings. The van der Waals surface area contributed by atoms with Gasteiger partial charge in [0.2, 0.25) is 0 Å². The van der Waals surface area contributed by atoms with Crippen molar-refractivity contribution in [1.29, 1.82) is 0 Å². The van der Waals surface area contributed by atoms with Gasteiger partial charge in [0.05, 0.1) is 12.6 Å². The van der Waals surface area contributed by atoms with Gasteiger partial charge in [0.25, 0.3) is 0 Å². The van der Waals surface area contributed by atoms with Crippen molar-refractivity contribution in [1.82, 2.24) is 4.98 Å². The zero-order valence-electron chi connectivity index (χ0n) is 14.3. The molecule has 0 aliphatic rings. The van der Waals surface area contributed by atoms with E-state index in [4.69, 9.17) is 9.78 Å². The van der Waals surface area contributed by atoms with Gasteiger partial charge in [-0.05, 0) is 59.4 Å². The standard InChI is InChI=1S/C20H20FNO2/c1-12(2)17-11-22-19-10-15(24-23-4)6-7-16(19)20(17)14-5-8-18(21)13(3)9-14/h5-12H,1-4H3. The van der Waals surface area contributed by atoms with Crippen LogP contribution in [0.1, 0.15) is 30.9 Å². The summed E-state index contributed by atoms with van der Waals surface area (Å²) in [6, 6.07) is 10.9. The Hall–Kier alpha value is -2.46. The van der Waals surface area contributed by atoms with Crippen molar-refractivity contribution >= 4 is 10.9 Å². The van der Waals surface area contributed by atoms with E-state index < -0.39 is 0 Å². The molecule has 24 heavy (non-hydrogen) atoms. The number of nitrogens with zero attached hydrogens (tertiary/aromatic N) is 1. The van der Waals surface area contributed by atoms with Crippen LogP contribution < -0.4 is 4.89 Å². The normalized spacial score (nSPS) is 11.2. The number of fused-ring (bicyclic) bond motifs is 1. The van der Waals surface area contributed by atoms with Crippen LogP contribution in [0.25, 0.3) is 22.0 Å². The lowest BCUT2D eigenvalue weighted by molar-refractivity contribution is -0.178. The van der Waals surface area contributed by atoms with Crippen LogP contribution in [0.2, 0.25) is 0 Å². The van der Waals surface area contributed by atoms with E-state index in [2.05, 4.69) is 18.8 Å². The topological polar surface area (TPSA) is 31.4 Å². The Kier molecular flexibility index (Phi) is 4.49. The summed E-state index contributed by atoms with van der Waals surface area (Å²) in [6.45, 7) is 6.04. The molecule has 1 aromatic heterocycles. The van der Waals surface area contributed by atoms with E-state index in [9.17, 15) is 4.39 Å². The van der Waals surface area contributed by atoms with E-state index in [-0.39, 0.29) is 5.82 Å². The van der Waals surface area contributed by atoms with Gasteiger partial charge in [0.1, 0.15) is 5.82 Å². The maximum atomic E-state index is 13.7. The van der Waals surface area contributed by atoms with Crippen molar-refractivity contribution in [2.24, 2.45) is 0 Å². The second-order valence-corrected chi connectivity index (χ2v) is 6.14. The van der Waals surface area contributed by atoms with E-state index in [1.54, 1.807) is 6.92 Å². The number of hydrogen-bond donors (Lipinski definition) is 0. The molecule has 0 unspecified atom stereocenters. The van der Waals surface area contributed by atoms with E-state index in [0.29, 0.717) is 17.2 Å². The third-order valence-corrected chi connectivity index (χ3v) is 4.12. The summed E-state index contributed by atoms with van der Waals surface area (Å²) in [5.74, 6) is 0.701. The van der Waals surface area contributed by atoms with Crippen LogP contribution in [0, 0.1) is 12.7 Å².